The molecule has 9 heavy (non-hydrogen) atoms. The molecular formula is C6H14O2Si. The van der Waals surface area contributed by atoms with Crippen molar-refractivity contribution in [3.05, 3.63) is 0 Å². The molecular weight excluding hydrogens is 132 g/mol. The third-order valence-corrected chi connectivity index (χ3v) is 2.65. The third-order valence-electron chi connectivity index (χ3n) is 1.28. The number of epoxide rings is 1. The first-order valence-corrected chi connectivity index (χ1v) is 5.23. The van der Waals surface area contributed by atoms with Crippen molar-refractivity contribution in [1.82, 2.24) is 0 Å². The summed E-state index contributed by atoms with van der Waals surface area (Å²) in [5.74, 6) is 0. The van der Waals surface area contributed by atoms with Crippen molar-refractivity contribution in [2.24, 2.45) is 0 Å². The summed E-state index contributed by atoms with van der Waals surface area (Å²) >= 11 is 0. The summed E-state index contributed by atoms with van der Waals surface area (Å²) in [5.41, 5.74) is 0. The van der Waals surface area contributed by atoms with E-state index in [1.165, 1.54) is 18.9 Å². The molecule has 0 aromatic rings. The van der Waals surface area contributed by atoms with Crippen molar-refractivity contribution in [1.29, 1.82) is 0 Å². The number of hydrogen-bond donors (Lipinski definition) is 0. The lowest BCUT2D eigenvalue weighted by Gasteiger charge is -2.07. The number of hydrogen-bond acceptors (Lipinski definition) is 2. The average Bonchev–Trinajstić information content (AvgIpc) is 2.76. The van der Waals surface area contributed by atoms with E-state index in [1.54, 1.807) is 0 Å². The topological polar surface area (TPSA) is 21.8 Å². The highest BCUT2D eigenvalue weighted by Gasteiger charge is 1.96. The van der Waals surface area contributed by atoms with Crippen molar-refractivity contribution < 1.29 is 9.16 Å². The highest BCUT2D eigenvalue weighted by atomic mass is 28.2. The maximum absolute atomic E-state index is 5.21. The third kappa shape index (κ3) is 6.02. The minimum atomic E-state index is 0.00849. The van der Waals surface area contributed by atoms with E-state index in [1.807, 2.05) is 0 Å². The van der Waals surface area contributed by atoms with Crippen LogP contribution in [0.5, 0.6) is 0 Å². The van der Waals surface area contributed by atoms with Crippen molar-refractivity contribution in [2.75, 3.05) is 19.8 Å². The van der Waals surface area contributed by atoms with Crippen LogP contribution in [0.25, 0.3) is 0 Å². The van der Waals surface area contributed by atoms with Gasteiger partial charge < -0.3 is 9.16 Å². The summed E-state index contributed by atoms with van der Waals surface area (Å²) in [5, 5.41) is 0. The molecule has 2 heterocycles. The largest absolute Gasteiger partial charge is 0.424 e. The van der Waals surface area contributed by atoms with Crippen molar-refractivity contribution >= 4 is 9.76 Å². The molecule has 3 heteroatoms. The molecule has 0 N–H and O–H groups in total. The molecule has 0 aromatic carbocycles. The van der Waals surface area contributed by atoms with Gasteiger partial charge in [0.2, 0.25) is 0 Å². The SMILES string of the molecule is C1CC[SiH2]OC1.C1CO1. The van der Waals surface area contributed by atoms with Crippen LogP contribution in [0, 0.1) is 0 Å². The molecule has 2 aliphatic rings. The summed E-state index contributed by atoms with van der Waals surface area (Å²) in [6, 6.07) is 1.42. The molecule has 0 atom stereocenters. The predicted molar refractivity (Wildman–Crippen MR) is 39.4 cm³/mol. The minimum absolute atomic E-state index is 0.00849. The van der Waals surface area contributed by atoms with Gasteiger partial charge in [-0.05, 0) is 12.5 Å². The van der Waals surface area contributed by atoms with Gasteiger partial charge in [0.15, 0.2) is 9.76 Å². The molecule has 2 saturated heterocycles. The van der Waals surface area contributed by atoms with Crippen LogP contribution in [-0.2, 0) is 9.16 Å². The van der Waals surface area contributed by atoms with Crippen LogP contribution in [0.1, 0.15) is 12.8 Å². The minimum Gasteiger partial charge on any atom is -0.424 e. The number of ether oxygens (including phenoxy) is 1. The zero-order valence-electron chi connectivity index (χ0n) is 5.77. The summed E-state index contributed by atoms with van der Waals surface area (Å²) in [4.78, 5) is 0. The molecule has 0 saturated carbocycles. The smallest absolute Gasteiger partial charge is 0.161 e. The fourth-order valence-electron chi connectivity index (χ4n) is 0.687. The van der Waals surface area contributed by atoms with E-state index in [-0.39, 0.29) is 9.76 Å². The fraction of sp³-hybridized carbons (Fsp3) is 1.00. The van der Waals surface area contributed by atoms with E-state index in [4.69, 9.17) is 4.43 Å². The predicted octanol–water partition coefficient (Wildman–Crippen LogP) is 0.316. The van der Waals surface area contributed by atoms with Crippen LogP contribution in [-0.4, -0.2) is 29.6 Å². The summed E-state index contributed by atoms with van der Waals surface area (Å²) in [7, 11) is 0.00849. The first-order valence-electron chi connectivity index (χ1n) is 3.65. The van der Waals surface area contributed by atoms with Crippen LogP contribution in [0.15, 0.2) is 0 Å². The Morgan fingerprint density at radius 3 is 1.89 bits per heavy atom. The summed E-state index contributed by atoms with van der Waals surface area (Å²) in [6.45, 7) is 3.06. The maximum Gasteiger partial charge on any atom is 0.161 e. The van der Waals surface area contributed by atoms with E-state index in [2.05, 4.69) is 4.74 Å². The first-order chi connectivity index (χ1) is 4.50. The highest BCUT2D eigenvalue weighted by Crippen LogP contribution is 2.01. The maximum atomic E-state index is 5.21. The van der Waals surface area contributed by atoms with E-state index in [0.29, 0.717) is 0 Å². The standard InChI is InChI=1S/C4H10OSi.C2H4O/c1-2-4-6-5-3-1;1-2-3-1/h1-4,6H2;1-2H2. The highest BCUT2D eigenvalue weighted by molar-refractivity contribution is 6.27. The Morgan fingerprint density at radius 2 is 1.78 bits per heavy atom. The van der Waals surface area contributed by atoms with Gasteiger partial charge in [-0.3, -0.25) is 0 Å². The van der Waals surface area contributed by atoms with E-state index >= 15 is 0 Å². The Hall–Kier alpha value is 0.137. The van der Waals surface area contributed by atoms with Crippen LogP contribution < -0.4 is 0 Å². The van der Waals surface area contributed by atoms with Gasteiger partial charge in [-0.2, -0.15) is 0 Å². The zero-order chi connectivity index (χ0) is 6.36. The average molecular weight is 146 g/mol. The lowest BCUT2D eigenvalue weighted by molar-refractivity contribution is 0.304. The van der Waals surface area contributed by atoms with Crippen molar-refractivity contribution in [2.45, 2.75) is 18.9 Å². The van der Waals surface area contributed by atoms with Crippen LogP contribution in [0.4, 0.5) is 0 Å². The lowest BCUT2D eigenvalue weighted by atomic mass is 10.4. The Kier molecular flexibility index (Phi) is 4.00. The van der Waals surface area contributed by atoms with Gasteiger partial charge in [-0.25, -0.2) is 0 Å². The summed E-state index contributed by atoms with van der Waals surface area (Å²) < 4.78 is 9.71. The van der Waals surface area contributed by atoms with E-state index in [9.17, 15) is 0 Å². The molecule has 0 spiro atoms. The molecule has 54 valence electrons. The quantitative estimate of drug-likeness (QED) is 0.362. The van der Waals surface area contributed by atoms with Gasteiger partial charge in [-0.15, -0.1) is 0 Å². The van der Waals surface area contributed by atoms with Crippen molar-refractivity contribution in [3.8, 4) is 0 Å². The molecule has 0 unspecified atom stereocenters. The van der Waals surface area contributed by atoms with Gasteiger partial charge in [-0.1, -0.05) is 6.42 Å². The molecule has 0 bridgehead atoms. The van der Waals surface area contributed by atoms with E-state index in [0.717, 1.165) is 19.8 Å². The Balaban J connectivity index is 0.000000112. The lowest BCUT2D eigenvalue weighted by Crippen LogP contribution is -2.06. The Labute approximate surface area is 58.5 Å². The second-order valence-electron chi connectivity index (χ2n) is 2.29. The van der Waals surface area contributed by atoms with Crippen LogP contribution in [0.2, 0.25) is 6.04 Å². The van der Waals surface area contributed by atoms with Gasteiger partial charge in [0.25, 0.3) is 0 Å². The molecule has 0 aliphatic carbocycles. The molecule has 2 nitrogen and oxygen atoms in total. The second kappa shape index (κ2) is 4.96. The van der Waals surface area contributed by atoms with Gasteiger partial charge >= 0.3 is 0 Å². The molecule has 2 aliphatic heterocycles. The Bertz CT molecular complexity index is 47.8. The molecule has 0 radical (unpaired) electrons. The normalized spacial score (nSPS) is 26.7. The second-order valence-corrected chi connectivity index (χ2v) is 3.81. The molecule has 0 amide bonds. The van der Waals surface area contributed by atoms with Crippen LogP contribution >= 0.6 is 0 Å². The zero-order valence-corrected chi connectivity index (χ0v) is 7.18. The Morgan fingerprint density at radius 1 is 1.00 bits per heavy atom. The molecule has 2 fully saturated rings. The van der Waals surface area contributed by atoms with Crippen LogP contribution in [0.3, 0.4) is 0 Å². The van der Waals surface area contributed by atoms with Gasteiger partial charge in [0.05, 0.1) is 13.2 Å². The molecule has 0 aromatic heterocycles. The summed E-state index contributed by atoms with van der Waals surface area (Å²) in [6.07, 6.45) is 2.75. The van der Waals surface area contributed by atoms with Crippen molar-refractivity contribution in [3.63, 3.8) is 0 Å². The fourth-order valence-corrected chi connectivity index (χ4v) is 1.86. The van der Waals surface area contributed by atoms with Gasteiger partial charge in [0.1, 0.15) is 0 Å². The molecule has 2 rings (SSSR count). The monoisotopic (exact) mass is 146 g/mol. The van der Waals surface area contributed by atoms with E-state index < -0.39 is 0 Å². The van der Waals surface area contributed by atoms with Gasteiger partial charge in [0, 0.05) is 6.61 Å². The first kappa shape index (κ1) is 7.25. The number of rotatable bonds is 0.